The van der Waals surface area contributed by atoms with E-state index in [9.17, 15) is 0 Å². The van der Waals surface area contributed by atoms with E-state index in [1.165, 1.54) is 11.3 Å². The van der Waals surface area contributed by atoms with Crippen molar-refractivity contribution in [2.75, 3.05) is 5.32 Å². The van der Waals surface area contributed by atoms with Crippen molar-refractivity contribution in [3.05, 3.63) is 48.7 Å². The molecule has 19 heavy (non-hydrogen) atoms. The van der Waals surface area contributed by atoms with Crippen LogP contribution in [0.15, 0.2) is 42.9 Å². The molecule has 3 rings (SSSR count). The Morgan fingerprint density at radius 2 is 2.00 bits per heavy atom. The molecule has 0 aliphatic carbocycles. The molecule has 0 saturated heterocycles. The minimum Gasteiger partial charge on any atom is -0.316 e. The number of nitrogens with zero attached hydrogens (tertiary/aromatic N) is 4. The first-order chi connectivity index (χ1) is 9.31. The van der Waals surface area contributed by atoms with Gasteiger partial charge in [-0.15, -0.1) is 0 Å². The van der Waals surface area contributed by atoms with E-state index in [1.807, 2.05) is 31.2 Å². The topological polar surface area (TPSA) is 63.6 Å². The summed E-state index contributed by atoms with van der Waals surface area (Å²) in [6, 6.07) is 7.58. The predicted octanol–water partition coefficient (Wildman–Crippen LogP) is 3.05. The lowest BCUT2D eigenvalue weighted by Crippen LogP contribution is -1.90. The summed E-state index contributed by atoms with van der Waals surface area (Å²) in [7, 11) is 0. The highest BCUT2D eigenvalue weighted by atomic mass is 32.1. The highest BCUT2D eigenvalue weighted by Crippen LogP contribution is 2.28. The average Bonchev–Trinajstić information content (AvgIpc) is 2.88. The first-order valence-corrected chi connectivity index (χ1v) is 6.57. The van der Waals surface area contributed by atoms with E-state index in [4.69, 9.17) is 0 Å². The van der Waals surface area contributed by atoms with Gasteiger partial charge in [0.1, 0.15) is 11.6 Å². The van der Waals surface area contributed by atoms with Crippen LogP contribution in [0.4, 0.5) is 10.9 Å². The van der Waals surface area contributed by atoms with Crippen LogP contribution in [0, 0.1) is 6.92 Å². The molecule has 0 spiro atoms. The molecule has 0 radical (unpaired) electrons. The van der Waals surface area contributed by atoms with Gasteiger partial charge in [0.2, 0.25) is 0 Å². The molecule has 0 amide bonds. The van der Waals surface area contributed by atoms with Gasteiger partial charge in [-0.25, -0.2) is 19.9 Å². The molecular weight excluding hydrogens is 258 g/mol. The Morgan fingerprint density at radius 1 is 1.05 bits per heavy atom. The Labute approximate surface area is 114 Å². The molecule has 0 aliphatic heterocycles. The summed E-state index contributed by atoms with van der Waals surface area (Å²) in [5, 5.41) is 3.96. The van der Waals surface area contributed by atoms with Gasteiger partial charge < -0.3 is 5.32 Å². The molecule has 1 N–H and O–H groups in total. The van der Waals surface area contributed by atoms with Crippen molar-refractivity contribution in [1.82, 2.24) is 19.9 Å². The Bertz CT molecular complexity index is 680. The van der Waals surface area contributed by atoms with Gasteiger partial charge in [-0.1, -0.05) is 17.4 Å². The van der Waals surface area contributed by atoms with Crippen LogP contribution in [-0.4, -0.2) is 19.9 Å². The van der Waals surface area contributed by atoms with Crippen LogP contribution in [0.5, 0.6) is 0 Å². The minimum atomic E-state index is 0.755. The van der Waals surface area contributed by atoms with Crippen LogP contribution in [0.25, 0.3) is 10.6 Å². The molecule has 0 bridgehead atoms. The zero-order chi connectivity index (χ0) is 13.1. The first kappa shape index (κ1) is 11.7. The Hall–Kier alpha value is -2.34. The molecule has 3 heterocycles. The van der Waals surface area contributed by atoms with E-state index in [0.29, 0.717) is 0 Å². The zero-order valence-electron chi connectivity index (χ0n) is 10.2. The number of thiazole rings is 1. The summed E-state index contributed by atoms with van der Waals surface area (Å²) in [6.45, 7) is 1.87. The Morgan fingerprint density at radius 3 is 2.79 bits per heavy atom. The standard InChI is InChI=1S/C13H11N5S/c1-9-14-7-5-10(17-9)11-8-16-13(19-11)18-12-4-2-3-6-15-12/h2-8H,1H3,(H,15,16,18). The summed E-state index contributed by atoms with van der Waals surface area (Å²) in [5.41, 5.74) is 0.888. The number of rotatable bonds is 3. The average molecular weight is 269 g/mol. The molecule has 6 heteroatoms. The molecule has 0 unspecified atom stereocenters. The number of aryl methyl sites for hydroxylation is 1. The largest absolute Gasteiger partial charge is 0.316 e. The maximum atomic E-state index is 4.38. The van der Waals surface area contributed by atoms with Crippen LogP contribution >= 0.6 is 11.3 Å². The Balaban J connectivity index is 1.84. The second-order valence-electron chi connectivity index (χ2n) is 3.86. The van der Waals surface area contributed by atoms with Gasteiger partial charge in [-0.2, -0.15) is 0 Å². The van der Waals surface area contributed by atoms with Crippen molar-refractivity contribution in [3.8, 4) is 10.6 Å². The van der Waals surface area contributed by atoms with Gasteiger partial charge >= 0.3 is 0 Å². The highest BCUT2D eigenvalue weighted by Gasteiger charge is 2.06. The Kier molecular flexibility index (Phi) is 3.16. The quantitative estimate of drug-likeness (QED) is 0.791. The summed E-state index contributed by atoms with van der Waals surface area (Å²) < 4.78 is 0. The van der Waals surface area contributed by atoms with E-state index in [-0.39, 0.29) is 0 Å². The van der Waals surface area contributed by atoms with Crippen molar-refractivity contribution in [3.63, 3.8) is 0 Å². The third-order valence-electron chi connectivity index (χ3n) is 2.43. The van der Waals surface area contributed by atoms with Crippen LogP contribution in [0.3, 0.4) is 0 Å². The van der Waals surface area contributed by atoms with Crippen LogP contribution in [-0.2, 0) is 0 Å². The van der Waals surface area contributed by atoms with Crippen LogP contribution < -0.4 is 5.32 Å². The normalized spacial score (nSPS) is 10.4. The number of pyridine rings is 1. The van der Waals surface area contributed by atoms with Gasteiger partial charge in [0.15, 0.2) is 5.13 Å². The molecule has 0 atom stereocenters. The lowest BCUT2D eigenvalue weighted by molar-refractivity contribution is 1.06. The third kappa shape index (κ3) is 2.74. The van der Waals surface area contributed by atoms with E-state index < -0.39 is 0 Å². The predicted molar refractivity (Wildman–Crippen MR) is 75.4 cm³/mol. The monoisotopic (exact) mass is 269 g/mol. The minimum absolute atomic E-state index is 0.755. The smallest absolute Gasteiger partial charge is 0.188 e. The molecule has 0 fully saturated rings. The van der Waals surface area contributed by atoms with E-state index >= 15 is 0 Å². The van der Waals surface area contributed by atoms with Crippen molar-refractivity contribution in [1.29, 1.82) is 0 Å². The van der Waals surface area contributed by atoms with Gasteiger partial charge in [0, 0.05) is 18.6 Å². The second kappa shape index (κ2) is 5.11. The number of nitrogens with one attached hydrogen (secondary N) is 1. The van der Waals surface area contributed by atoms with E-state index in [0.717, 1.165) is 27.3 Å². The first-order valence-electron chi connectivity index (χ1n) is 5.75. The van der Waals surface area contributed by atoms with Crippen molar-refractivity contribution in [2.45, 2.75) is 6.92 Å². The van der Waals surface area contributed by atoms with Crippen LogP contribution in [0.1, 0.15) is 5.82 Å². The number of anilines is 2. The van der Waals surface area contributed by atoms with E-state index in [2.05, 4.69) is 25.3 Å². The molecule has 0 aliphatic rings. The number of hydrogen-bond acceptors (Lipinski definition) is 6. The van der Waals surface area contributed by atoms with Gasteiger partial charge in [0.25, 0.3) is 0 Å². The SMILES string of the molecule is Cc1nccc(-c2cnc(Nc3ccccn3)s2)n1. The van der Waals surface area contributed by atoms with Crippen molar-refractivity contribution < 1.29 is 0 Å². The van der Waals surface area contributed by atoms with Gasteiger partial charge in [-0.3, -0.25) is 0 Å². The second-order valence-corrected chi connectivity index (χ2v) is 4.89. The number of hydrogen-bond donors (Lipinski definition) is 1. The summed E-state index contributed by atoms with van der Waals surface area (Å²) in [5.74, 6) is 1.53. The lowest BCUT2D eigenvalue weighted by atomic mass is 10.3. The summed E-state index contributed by atoms with van der Waals surface area (Å²) in [6.07, 6.45) is 5.30. The molecule has 5 nitrogen and oxygen atoms in total. The maximum Gasteiger partial charge on any atom is 0.188 e. The third-order valence-corrected chi connectivity index (χ3v) is 3.37. The molecule has 3 aromatic rings. The summed E-state index contributed by atoms with van der Waals surface area (Å²) >= 11 is 1.54. The fraction of sp³-hybridized carbons (Fsp3) is 0.0769. The number of aromatic nitrogens is 4. The van der Waals surface area contributed by atoms with Crippen LogP contribution in [0.2, 0.25) is 0 Å². The van der Waals surface area contributed by atoms with E-state index in [1.54, 1.807) is 18.6 Å². The van der Waals surface area contributed by atoms with Crippen molar-refractivity contribution >= 4 is 22.3 Å². The molecule has 0 saturated carbocycles. The lowest BCUT2D eigenvalue weighted by Gasteiger charge is -1.99. The van der Waals surface area contributed by atoms with Gasteiger partial charge in [0.05, 0.1) is 10.6 Å². The molecule has 94 valence electrons. The molecular formula is C13H11N5S. The van der Waals surface area contributed by atoms with Crippen molar-refractivity contribution in [2.24, 2.45) is 0 Å². The molecule has 3 aromatic heterocycles. The summed E-state index contributed by atoms with van der Waals surface area (Å²) in [4.78, 5) is 18.0. The molecule has 0 aromatic carbocycles. The highest BCUT2D eigenvalue weighted by molar-refractivity contribution is 7.18. The fourth-order valence-electron chi connectivity index (χ4n) is 1.59. The fourth-order valence-corrected chi connectivity index (χ4v) is 2.38. The zero-order valence-corrected chi connectivity index (χ0v) is 11.1. The van der Waals surface area contributed by atoms with Gasteiger partial charge in [-0.05, 0) is 25.1 Å². The maximum absolute atomic E-state index is 4.38.